The zero-order valence-corrected chi connectivity index (χ0v) is 16.9. The molecular weight excluding hydrogens is 396 g/mol. The van der Waals surface area contributed by atoms with Crippen molar-refractivity contribution in [1.82, 2.24) is 5.32 Å². The number of benzene rings is 1. The van der Waals surface area contributed by atoms with Crippen LogP contribution < -0.4 is 9.62 Å². The van der Waals surface area contributed by atoms with Gasteiger partial charge in [0, 0.05) is 17.3 Å². The van der Waals surface area contributed by atoms with Crippen LogP contribution in [0, 0.1) is 0 Å². The van der Waals surface area contributed by atoms with Crippen molar-refractivity contribution in [3.05, 3.63) is 53.4 Å². The summed E-state index contributed by atoms with van der Waals surface area (Å²) in [6, 6.07) is 9.18. The first-order valence-electron chi connectivity index (χ1n) is 7.92. The Balaban J connectivity index is 1.91. The molecule has 1 unspecified atom stereocenters. The van der Waals surface area contributed by atoms with E-state index < -0.39 is 16.1 Å². The Bertz CT molecular complexity index is 808. The second-order valence-electron chi connectivity index (χ2n) is 5.63. The minimum Gasteiger partial charge on any atom is -0.468 e. The molecule has 1 aromatic carbocycles. The van der Waals surface area contributed by atoms with Crippen molar-refractivity contribution in [3.63, 3.8) is 0 Å². The van der Waals surface area contributed by atoms with Gasteiger partial charge in [-0.05, 0) is 43.3 Å². The highest BCUT2D eigenvalue weighted by Crippen LogP contribution is 2.23. The molecule has 1 N–H and O–H groups in total. The van der Waals surface area contributed by atoms with E-state index in [-0.39, 0.29) is 5.91 Å². The third-order valence-corrected chi connectivity index (χ3v) is 6.01. The highest BCUT2D eigenvalue weighted by Gasteiger charge is 2.28. The van der Waals surface area contributed by atoms with Gasteiger partial charge in [-0.15, -0.1) is 0 Å². The molecular formula is C17H21ClN2O4S2. The first-order valence-corrected chi connectivity index (χ1v) is 11.3. The normalized spacial score (nSPS) is 12.6. The van der Waals surface area contributed by atoms with Crippen LogP contribution in [-0.2, 0) is 20.6 Å². The van der Waals surface area contributed by atoms with Crippen molar-refractivity contribution in [2.24, 2.45) is 0 Å². The largest absolute Gasteiger partial charge is 0.468 e. The molecule has 0 bridgehead atoms. The van der Waals surface area contributed by atoms with Crippen molar-refractivity contribution >= 4 is 45.0 Å². The zero-order valence-electron chi connectivity index (χ0n) is 14.5. The van der Waals surface area contributed by atoms with Gasteiger partial charge in [-0.3, -0.25) is 9.10 Å². The fraction of sp³-hybridized carbons (Fsp3) is 0.353. The number of nitrogens with zero attached hydrogens (tertiary/aromatic N) is 1. The number of hydrogen-bond acceptors (Lipinski definition) is 5. The lowest BCUT2D eigenvalue weighted by Gasteiger charge is -2.28. The summed E-state index contributed by atoms with van der Waals surface area (Å²) in [4.78, 5) is 12.4. The lowest BCUT2D eigenvalue weighted by molar-refractivity contribution is -0.121. The fourth-order valence-electron chi connectivity index (χ4n) is 2.36. The molecule has 0 saturated carbocycles. The van der Waals surface area contributed by atoms with Crippen LogP contribution in [0.5, 0.6) is 0 Å². The van der Waals surface area contributed by atoms with Gasteiger partial charge in [0.25, 0.3) is 0 Å². The molecule has 1 aromatic heterocycles. The Labute approximate surface area is 162 Å². The summed E-state index contributed by atoms with van der Waals surface area (Å²) in [5.74, 6) is 1.93. The standard InChI is InChI=1S/C17H21ClN2O4S2/c1-13(17(21)19-9-11-25-12-16-4-3-10-24-16)20(26(2,22)23)15-7-5-14(18)6-8-15/h3-8,10,13H,9,11-12H2,1-2H3,(H,19,21). The van der Waals surface area contributed by atoms with Gasteiger partial charge in [-0.25, -0.2) is 8.42 Å². The third-order valence-electron chi connectivity index (χ3n) is 3.54. The topological polar surface area (TPSA) is 79.6 Å². The van der Waals surface area contributed by atoms with Gasteiger partial charge in [0.2, 0.25) is 15.9 Å². The Hall–Kier alpha value is -1.64. The highest BCUT2D eigenvalue weighted by atomic mass is 35.5. The number of thioether (sulfide) groups is 1. The maximum atomic E-state index is 12.4. The van der Waals surface area contributed by atoms with Crippen molar-refractivity contribution in [2.75, 3.05) is 22.9 Å². The van der Waals surface area contributed by atoms with E-state index in [9.17, 15) is 13.2 Å². The zero-order chi connectivity index (χ0) is 19.2. The lowest BCUT2D eigenvalue weighted by atomic mass is 10.2. The average Bonchev–Trinajstić information content (AvgIpc) is 3.08. The van der Waals surface area contributed by atoms with Gasteiger partial charge in [0.05, 0.1) is 24.0 Å². The Morgan fingerprint density at radius 1 is 1.31 bits per heavy atom. The summed E-state index contributed by atoms with van der Waals surface area (Å²) in [6.07, 6.45) is 2.69. The molecule has 0 aliphatic heterocycles. The van der Waals surface area contributed by atoms with E-state index in [1.807, 2.05) is 12.1 Å². The second kappa shape index (κ2) is 9.34. The average molecular weight is 417 g/mol. The number of rotatable bonds is 9. The third kappa shape index (κ3) is 5.96. The van der Waals surface area contributed by atoms with E-state index in [2.05, 4.69) is 5.32 Å². The molecule has 0 fully saturated rings. The minimum atomic E-state index is -3.63. The van der Waals surface area contributed by atoms with Crippen LogP contribution in [0.15, 0.2) is 47.1 Å². The van der Waals surface area contributed by atoms with Crippen molar-refractivity contribution < 1.29 is 17.6 Å². The van der Waals surface area contributed by atoms with Gasteiger partial charge in [-0.2, -0.15) is 11.8 Å². The van der Waals surface area contributed by atoms with Crippen molar-refractivity contribution in [1.29, 1.82) is 0 Å². The van der Waals surface area contributed by atoms with E-state index in [4.69, 9.17) is 16.0 Å². The number of sulfonamides is 1. The number of halogens is 1. The molecule has 2 rings (SSSR count). The van der Waals surface area contributed by atoms with Crippen LogP contribution in [0.3, 0.4) is 0 Å². The van der Waals surface area contributed by atoms with Crippen molar-refractivity contribution in [3.8, 4) is 0 Å². The number of nitrogens with one attached hydrogen (secondary N) is 1. The van der Waals surface area contributed by atoms with Crippen LogP contribution >= 0.6 is 23.4 Å². The van der Waals surface area contributed by atoms with E-state index >= 15 is 0 Å². The van der Waals surface area contributed by atoms with Crippen molar-refractivity contribution in [2.45, 2.75) is 18.7 Å². The van der Waals surface area contributed by atoms with Gasteiger partial charge < -0.3 is 9.73 Å². The number of amides is 1. The quantitative estimate of drug-likeness (QED) is 0.635. The Kier molecular flexibility index (Phi) is 7.43. The minimum absolute atomic E-state index is 0.357. The Morgan fingerprint density at radius 2 is 2.00 bits per heavy atom. The van der Waals surface area contributed by atoms with Gasteiger partial charge >= 0.3 is 0 Å². The molecule has 0 aliphatic carbocycles. The van der Waals surface area contributed by atoms with Gasteiger partial charge in [0.15, 0.2) is 0 Å². The summed E-state index contributed by atoms with van der Waals surface area (Å²) < 4.78 is 30.7. The first-order chi connectivity index (χ1) is 12.3. The van der Waals surface area contributed by atoms with Crippen LogP contribution in [0.25, 0.3) is 0 Å². The maximum Gasteiger partial charge on any atom is 0.243 e. The number of carbonyl (C=O) groups excluding carboxylic acids is 1. The second-order valence-corrected chi connectivity index (χ2v) is 9.04. The molecule has 1 atom stereocenters. The number of anilines is 1. The molecule has 142 valence electrons. The van der Waals surface area contributed by atoms with E-state index in [1.54, 1.807) is 49.2 Å². The summed E-state index contributed by atoms with van der Waals surface area (Å²) in [6.45, 7) is 1.99. The highest BCUT2D eigenvalue weighted by molar-refractivity contribution is 7.98. The van der Waals surface area contributed by atoms with Crippen LogP contribution in [0.1, 0.15) is 12.7 Å². The van der Waals surface area contributed by atoms with E-state index in [0.717, 1.165) is 22.1 Å². The predicted molar refractivity (Wildman–Crippen MR) is 106 cm³/mol. The summed E-state index contributed by atoms with van der Waals surface area (Å²) in [5, 5.41) is 3.27. The lowest BCUT2D eigenvalue weighted by Crippen LogP contribution is -2.48. The molecule has 0 radical (unpaired) electrons. The predicted octanol–water partition coefficient (Wildman–Crippen LogP) is 3.14. The molecule has 0 saturated heterocycles. The fourth-order valence-corrected chi connectivity index (χ4v) is 4.42. The molecule has 6 nitrogen and oxygen atoms in total. The van der Waals surface area contributed by atoms with E-state index in [1.165, 1.54) is 0 Å². The maximum absolute atomic E-state index is 12.4. The smallest absolute Gasteiger partial charge is 0.243 e. The molecule has 1 heterocycles. The number of carbonyl (C=O) groups is 1. The van der Waals surface area contributed by atoms with Crippen LogP contribution in [0.2, 0.25) is 5.02 Å². The summed E-state index contributed by atoms with van der Waals surface area (Å²) >= 11 is 7.47. The molecule has 9 heteroatoms. The van der Waals surface area contributed by atoms with Crippen LogP contribution in [0.4, 0.5) is 5.69 Å². The number of furan rings is 1. The molecule has 0 spiro atoms. The molecule has 26 heavy (non-hydrogen) atoms. The monoisotopic (exact) mass is 416 g/mol. The molecule has 1 amide bonds. The number of hydrogen-bond donors (Lipinski definition) is 1. The summed E-state index contributed by atoms with van der Waals surface area (Å²) in [5.41, 5.74) is 0.395. The SMILES string of the molecule is CC(C(=O)NCCSCc1ccco1)N(c1ccc(Cl)cc1)S(C)(=O)=O. The van der Waals surface area contributed by atoms with Gasteiger partial charge in [0.1, 0.15) is 11.8 Å². The molecule has 2 aromatic rings. The summed E-state index contributed by atoms with van der Waals surface area (Å²) in [7, 11) is -3.63. The first kappa shape index (κ1) is 20.7. The molecule has 0 aliphatic rings. The van der Waals surface area contributed by atoms with Gasteiger partial charge in [-0.1, -0.05) is 11.6 Å². The Morgan fingerprint density at radius 3 is 2.58 bits per heavy atom. The van der Waals surface area contributed by atoms with E-state index in [0.29, 0.717) is 23.0 Å². The van der Waals surface area contributed by atoms with Crippen LogP contribution in [-0.4, -0.2) is 38.9 Å².